The van der Waals surface area contributed by atoms with Gasteiger partial charge in [0.1, 0.15) is 0 Å². The van der Waals surface area contributed by atoms with E-state index in [1.54, 1.807) is 0 Å². The second-order valence-corrected chi connectivity index (χ2v) is 2.21. The molecule has 0 aromatic rings. The first kappa shape index (κ1) is 9.78. The highest BCUT2D eigenvalue weighted by atomic mass is 32.1. The fraction of sp³-hybridized carbons (Fsp3) is 0.833. The lowest BCUT2D eigenvalue weighted by Gasteiger charge is -1.98. The van der Waals surface area contributed by atoms with Crippen LogP contribution in [0.4, 0.5) is 0 Å². The molecular formula is C6H13NO2S. The summed E-state index contributed by atoms with van der Waals surface area (Å²) in [5.74, 6) is -0.247. The molecule has 0 atom stereocenters. The van der Waals surface area contributed by atoms with Gasteiger partial charge >= 0.3 is 5.97 Å². The van der Waals surface area contributed by atoms with E-state index >= 15 is 0 Å². The average molecular weight is 163 g/mol. The molecule has 0 unspecified atom stereocenters. The van der Waals surface area contributed by atoms with Gasteiger partial charge in [0.25, 0.3) is 0 Å². The smallest absolute Gasteiger partial charge is 0.325 e. The Morgan fingerprint density at radius 1 is 1.60 bits per heavy atom. The molecule has 0 saturated heterocycles. The summed E-state index contributed by atoms with van der Waals surface area (Å²) in [6.07, 6.45) is 3.55. The van der Waals surface area contributed by atoms with Crippen molar-refractivity contribution in [2.45, 2.75) is 32.6 Å². The topological polar surface area (TPSA) is 38.3 Å². The molecule has 0 radical (unpaired) electrons. The average Bonchev–Trinajstić information content (AvgIpc) is 1.89. The van der Waals surface area contributed by atoms with E-state index in [9.17, 15) is 4.79 Å². The normalized spacial score (nSPS) is 9.40. The maximum absolute atomic E-state index is 10.6. The number of nitrogens with one attached hydrogen (secondary N) is 1. The third-order valence-corrected chi connectivity index (χ3v) is 1.24. The lowest BCUT2D eigenvalue weighted by atomic mass is 10.2. The number of carbonyl (C=O) groups excluding carboxylic acids is 1. The number of hydrogen-bond donors (Lipinski definition) is 2. The van der Waals surface area contributed by atoms with Crippen molar-refractivity contribution in [2.75, 3.05) is 0 Å². The summed E-state index contributed by atoms with van der Waals surface area (Å²) in [5, 5.41) is 0. The van der Waals surface area contributed by atoms with Crippen molar-refractivity contribution in [1.29, 1.82) is 0 Å². The van der Waals surface area contributed by atoms with Crippen LogP contribution in [0.25, 0.3) is 0 Å². The van der Waals surface area contributed by atoms with Crippen LogP contribution < -0.4 is 4.89 Å². The lowest BCUT2D eigenvalue weighted by Crippen LogP contribution is -2.10. The van der Waals surface area contributed by atoms with E-state index in [0.717, 1.165) is 19.3 Å². The van der Waals surface area contributed by atoms with E-state index in [4.69, 9.17) is 0 Å². The molecule has 0 rings (SSSR count). The molecular weight excluding hydrogens is 150 g/mol. The Morgan fingerprint density at radius 2 is 2.30 bits per heavy atom. The van der Waals surface area contributed by atoms with E-state index < -0.39 is 0 Å². The molecule has 0 fully saturated rings. The van der Waals surface area contributed by atoms with E-state index in [0.29, 0.717) is 6.42 Å². The van der Waals surface area contributed by atoms with Gasteiger partial charge in [-0.15, -0.1) is 0 Å². The Kier molecular flexibility index (Phi) is 6.74. The first-order valence-electron chi connectivity index (χ1n) is 3.40. The summed E-state index contributed by atoms with van der Waals surface area (Å²) in [5.41, 5.74) is 0. The van der Waals surface area contributed by atoms with Crippen LogP contribution in [0, 0.1) is 0 Å². The van der Waals surface area contributed by atoms with Crippen LogP contribution in [0.1, 0.15) is 32.6 Å². The highest BCUT2D eigenvalue weighted by Gasteiger charge is 1.99. The fourth-order valence-electron chi connectivity index (χ4n) is 0.621. The maximum atomic E-state index is 10.6. The summed E-state index contributed by atoms with van der Waals surface area (Å²) in [6, 6.07) is 0. The zero-order chi connectivity index (χ0) is 7.82. The van der Waals surface area contributed by atoms with E-state index in [-0.39, 0.29) is 5.97 Å². The molecule has 0 aliphatic rings. The molecule has 3 nitrogen and oxygen atoms in total. The van der Waals surface area contributed by atoms with Crippen LogP contribution in [0.15, 0.2) is 0 Å². The number of thiol groups is 1. The molecule has 4 heteroatoms. The second kappa shape index (κ2) is 6.89. The van der Waals surface area contributed by atoms with Gasteiger partial charge in [0, 0.05) is 6.42 Å². The highest BCUT2D eigenvalue weighted by molar-refractivity contribution is 7.77. The molecule has 0 aliphatic heterocycles. The maximum Gasteiger partial charge on any atom is 0.325 e. The van der Waals surface area contributed by atoms with Crippen molar-refractivity contribution in [3.8, 4) is 0 Å². The van der Waals surface area contributed by atoms with E-state index in [1.807, 2.05) is 4.89 Å². The quantitative estimate of drug-likeness (QED) is 0.366. The zero-order valence-corrected chi connectivity index (χ0v) is 6.99. The third kappa shape index (κ3) is 5.91. The fourth-order valence-corrected chi connectivity index (χ4v) is 0.723. The van der Waals surface area contributed by atoms with E-state index in [1.165, 1.54) is 0 Å². The number of unbranched alkanes of at least 4 members (excludes halogenated alkanes) is 2. The molecule has 0 amide bonds. The summed E-state index contributed by atoms with van der Waals surface area (Å²) < 4.78 is 0. The lowest BCUT2D eigenvalue weighted by molar-refractivity contribution is -0.146. The Morgan fingerprint density at radius 3 is 2.80 bits per heavy atom. The summed E-state index contributed by atoms with van der Waals surface area (Å²) in [7, 11) is 0. The Balaban J connectivity index is 3.05. The minimum absolute atomic E-state index is 0.247. The molecule has 1 N–H and O–H groups in total. The van der Waals surface area contributed by atoms with Gasteiger partial charge in [-0.1, -0.05) is 37.5 Å². The summed E-state index contributed by atoms with van der Waals surface area (Å²) in [4.78, 5) is 17.0. The van der Waals surface area contributed by atoms with Crippen LogP contribution >= 0.6 is 12.8 Å². The highest BCUT2D eigenvalue weighted by Crippen LogP contribution is 1.99. The van der Waals surface area contributed by atoms with Gasteiger partial charge in [0.2, 0.25) is 0 Å². The van der Waals surface area contributed by atoms with Crippen molar-refractivity contribution in [3.63, 3.8) is 0 Å². The first-order valence-corrected chi connectivity index (χ1v) is 3.84. The summed E-state index contributed by atoms with van der Waals surface area (Å²) in [6.45, 7) is 2.09. The van der Waals surface area contributed by atoms with E-state index in [2.05, 4.69) is 24.6 Å². The molecule has 0 bridgehead atoms. The summed E-state index contributed by atoms with van der Waals surface area (Å²) >= 11 is 3.51. The van der Waals surface area contributed by atoms with Crippen molar-refractivity contribution in [2.24, 2.45) is 0 Å². The molecule has 0 aliphatic carbocycles. The Hall–Kier alpha value is -0.220. The Labute approximate surface area is 66.6 Å². The van der Waals surface area contributed by atoms with Crippen LogP contribution in [-0.4, -0.2) is 5.97 Å². The monoisotopic (exact) mass is 163 g/mol. The second-order valence-electron chi connectivity index (χ2n) is 2.02. The minimum atomic E-state index is -0.247. The van der Waals surface area contributed by atoms with Crippen molar-refractivity contribution in [1.82, 2.24) is 4.89 Å². The standard InChI is InChI=1S/C6H13NO2S/c1-2-3-4-5-6(8)9-7-10/h7,10H,2-5H2,1H3. The zero-order valence-electron chi connectivity index (χ0n) is 6.09. The predicted octanol–water partition coefficient (Wildman–Crippen LogP) is 1.46. The largest absolute Gasteiger partial charge is 0.360 e. The first-order chi connectivity index (χ1) is 4.81. The van der Waals surface area contributed by atoms with Gasteiger partial charge in [-0.3, -0.25) is 4.79 Å². The van der Waals surface area contributed by atoms with Crippen LogP contribution in [0.2, 0.25) is 0 Å². The van der Waals surface area contributed by atoms with Gasteiger partial charge in [-0.25, -0.2) is 0 Å². The number of hydrogen-bond acceptors (Lipinski definition) is 4. The molecule has 10 heavy (non-hydrogen) atoms. The van der Waals surface area contributed by atoms with Crippen molar-refractivity contribution >= 4 is 18.8 Å². The number of carbonyl (C=O) groups is 1. The van der Waals surface area contributed by atoms with Gasteiger partial charge in [0.15, 0.2) is 0 Å². The van der Waals surface area contributed by atoms with Gasteiger partial charge < -0.3 is 4.84 Å². The number of rotatable bonds is 5. The molecule has 0 saturated carbocycles. The molecule has 60 valence electrons. The van der Waals surface area contributed by atoms with Gasteiger partial charge in [-0.05, 0) is 6.42 Å². The van der Waals surface area contributed by atoms with Crippen molar-refractivity contribution < 1.29 is 9.63 Å². The SMILES string of the molecule is CCCCCC(=O)ONS. The van der Waals surface area contributed by atoms with Crippen molar-refractivity contribution in [3.05, 3.63) is 0 Å². The third-order valence-electron chi connectivity index (χ3n) is 1.14. The minimum Gasteiger partial charge on any atom is -0.360 e. The van der Waals surface area contributed by atoms with Crippen LogP contribution in [0.5, 0.6) is 0 Å². The van der Waals surface area contributed by atoms with Crippen LogP contribution in [-0.2, 0) is 9.63 Å². The van der Waals surface area contributed by atoms with Gasteiger partial charge in [-0.2, -0.15) is 0 Å². The van der Waals surface area contributed by atoms with Gasteiger partial charge in [0.05, 0.1) is 0 Å². The van der Waals surface area contributed by atoms with Crippen LogP contribution in [0.3, 0.4) is 0 Å². The molecule has 0 spiro atoms. The predicted molar refractivity (Wildman–Crippen MR) is 42.4 cm³/mol. The Bertz CT molecular complexity index is 97.7. The molecule has 0 aromatic carbocycles. The molecule has 0 aromatic heterocycles. The molecule has 0 heterocycles.